The molecule has 0 bridgehead atoms. The standard InChI is InChI=1S/C14H21N3O/c1-10-8-11(15)4-5-13(10)14(18)17-7-6-12(9-17)16(2)3/h4-5,8,12H,6-7,9,15H2,1-3H3. The van der Waals surface area contributed by atoms with Crippen molar-refractivity contribution in [3.63, 3.8) is 0 Å². The lowest BCUT2D eigenvalue weighted by Crippen LogP contribution is -2.34. The first-order valence-electron chi connectivity index (χ1n) is 6.31. The number of likely N-dealkylation sites (tertiary alicyclic amines) is 1. The number of nitrogen functional groups attached to an aromatic ring is 1. The minimum absolute atomic E-state index is 0.122. The molecule has 1 aromatic carbocycles. The molecule has 1 fully saturated rings. The summed E-state index contributed by atoms with van der Waals surface area (Å²) in [6, 6.07) is 5.95. The largest absolute Gasteiger partial charge is 0.399 e. The zero-order valence-corrected chi connectivity index (χ0v) is 11.3. The number of nitrogens with zero attached hydrogens (tertiary/aromatic N) is 2. The quantitative estimate of drug-likeness (QED) is 0.803. The van der Waals surface area contributed by atoms with Gasteiger partial charge >= 0.3 is 0 Å². The fraction of sp³-hybridized carbons (Fsp3) is 0.500. The molecule has 1 unspecified atom stereocenters. The van der Waals surface area contributed by atoms with Crippen LogP contribution in [0.4, 0.5) is 5.69 Å². The van der Waals surface area contributed by atoms with Crippen LogP contribution in [-0.2, 0) is 0 Å². The zero-order chi connectivity index (χ0) is 13.3. The summed E-state index contributed by atoms with van der Waals surface area (Å²) in [6.45, 7) is 3.59. The van der Waals surface area contributed by atoms with Gasteiger partial charge in [-0.25, -0.2) is 0 Å². The molecule has 4 nitrogen and oxygen atoms in total. The van der Waals surface area contributed by atoms with Crippen molar-refractivity contribution in [2.24, 2.45) is 0 Å². The Hall–Kier alpha value is -1.55. The van der Waals surface area contributed by atoms with Gasteiger partial charge in [0.05, 0.1) is 0 Å². The van der Waals surface area contributed by atoms with Crippen LogP contribution in [0.2, 0.25) is 0 Å². The average Bonchev–Trinajstić information content (AvgIpc) is 2.77. The van der Waals surface area contributed by atoms with Gasteiger partial charge in [-0.05, 0) is 51.2 Å². The summed E-state index contributed by atoms with van der Waals surface area (Å²) in [5.41, 5.74) is 8.14. The molecule has 1 aromatic rings. The highest BCUT2D eigenvalue weighted by atomic mass is 16.2. The number of aryl methyl sites for hydroxylation is 1. The van der Waals surface area contributed by atoms with Crippen molar-refractivity contribution in [2.45, 2.75) is 19.4 Å². The van der Waals surface area contributed by atoms with Gasteiger partial charge in [0.15, 0.2) is 0 Å². The van der Waals surface area contributed by atoms with E-state index in [-0.39, 0.29) is 5.91 Å². The van der Waals surface area contributed by atoms with Gasteiger partial charge in [0.2, 0.25) is 0 Å². The Morgan fingerprint density at radius 3 is 2.72 bits per heavy atom. The fourth-order valence-corrected chi connectivity index (χ4v) is 2.44. The highest BCUT2D eigenvalue weighted by Crippen LogP contribution is 2.19. The molecule has 0 spiro atoms. The fourth-order valence-electron chi connectivity index (χ4n) is 2.44. The topological polar surface area (TPSA) is 49.6 Å². The second-order valence-electron chi connectivity index (χ2n) is 5.23. The summed E-state index contributed by atoms with van der Waals surface area (Å²) in [5.74, 6) is 0.122. The third-order valence-electron chi connectivity index (χ3n) is 3.66. The Kier molecular flexibility index (Phi) is 3.57. The predicted octanol–water partition coefficient (Wildman–Crippen LogP) is 1.35. The molecule has 0 saturated carbocycles. The Morgan fingerprint density at radius 2 is 2.17 bits per heavy atom. The van der Waals surface area contributed by atoms with Gasteiger partial charge in [0.1, 0.15) is 0 Å². The first-order chi connectivity index (χ1) is 8.49. The number of carbonyl (C=O) groups excluding carboxylic acids is 1. The van der Waals surface area contributed by atoms with E-state index in [0.717, 1.165) is 30.6 Å². The van der Waals surface area contributed by atoms with E-state index in [1.165, 1.54) is 0 Å². The van der Waals surface area contributed by atoms with Crippen molar-refractivity contribution in [3.05, 3.63) is 29.3 Å². The number of amides is 1. The minimum Gasteiger partial charge on any atom is -0.399 e. The van der Waals surface area contributed by atoms with Crippen LogP contribution < -0.4 is 5.73 Å². The van der Waals surface area contributed by atoms with Crippen LogP contribution in [-0.4, -0.2) is 48.9 Å². The Bertz CT molecular complexity index is 456. The maximum Gasteiger partial charge on any atom is 0.254 e. The van der Waals surface area contributed by atoms with E-state index in [9.17, 15) is 4.79 Å². The number of nitrogens with two attached hydrogens (primary N) is 1. The second-order valence-corrected chi connectivity index (χ2v) is 5.23. The van der Waals surface area contributed by atoms with Gasteiger partial charge in [0.25, 0.3) is 5.91 Å². The maximum absolute atomic E-state index is 12.4. The Labute approximate surface area is 108 Å². The molecular formula is C14H21N3O. The summed E-state index contributed by atoms with van der Waals surface area (Å²) in [6.07, 6.45) is 1.05. The monoisotopic (exact) mass is 247 g/mol. The van der Waals surface area contributed by atoms with E-state index in [0.29, 0.717) is 11.7 Å². The van der Waals surface area contributed by atoms with Gasteiger partial charge in [-0.3, -0.25) is 4.79 Å². The van der Waals surface area contributed by atoms with E-state index in [1.54, 1.807) is 6.07 Å². The third kappa shape index (κ3) is 2.48. The van der Waals surface area contributed by atoms with Gasteiger partial charge in [-0.2, -0.15) is 0 Å². The molecule has 18 heavy (non-hydrogen) atoms. The number of carbonyl (C=O) groups is 1. The summed E-state index contributed by atoms with van der Waals surface area (Å²) < 4.78 is 0. The lowest BCUT2D eigenvalue weighted by atomic mass is 10.1. The molecule has 2 rings (SSSR count). The number of likely N-dealkylation sites (N-methyl/N-ethyl adjacent to an activating group) is 1. The van der Waals surface area contributed by atoms with Gasteiger partial charge in [-0.15, -0.1) is 0 Å². The highest BCUT2D eigenvalue weighted by molar-refractivity contribution is 5.96. The van der Waals surface area contributed by atoms with Crippen LogP contribution >= 0.6 is 0 Å². The van der Waals surface area contributed by atoms with E-state index >= 15 is 0 Å². The number of benzene rings is 1. The van der Waals surface area contributed by atoms with Crippen LogP contribution in [0.15, 0.2) is 18.2 Å². The summed E-state index contributed by atoms with van der Waals surface area (Å²) in [4.78, 5) is 16.5. The predicted molar refractivity (Wildman–Crippen MR) is 73.6 cm³/mol. The Morgan fingerprint density at radius 1 is 1.44 bits per heavy atom. The number of hydrogen-bond donors (Lipinski definition) is 1. The van der Waals surface area contributed by atoms with E-state index in [2.05, 4.69) is 19.0 Å². The van der Waals surface area contributed by atoms with Crippen LogP contribution in [0.5, 0.6) is 0 Å². The van der Waals surface area contributed by atoms with Crippen LogP contribution in [0.25, 0.3) is 0 Å². The molecule has 1 atom stereocenters. The number of hydrogen-bond acceptors (Lipinski definition) is 3. The van der Waals surface area contributed by atoms with Crippen molar-refractivity contribution in [3.8, 4) is 0 Å². The molecule has 0 aromatic heterocycles. The first kappa shape index (κ1) is 12.9. The van der Waals surface area contributed by atoms with Gasteiger partial charge in [-0.1, -0.05) is 0 Å². The molecule has 1 amide bonds. The zero-order valence-electron chi connectivity index (χ0n) is 11.3. The summed E-state index contributed by atoms with van der Waals surface area (Å²) >= 11 is 0. The summed E-state index contributed by atoms with van der Waals surface area (Å²) in [5, 5.41) is 0. The van der Waals surface area contributed by atoms with Crippen molar-refractivity contribution in [1.29, 1.82) is 0 Å². The maximum atomic E-state index is 12.4. The molecule has 0 radical (unpaired) electrons. The van der Waals surface area contributed by atoms with Crippen molar-refractivity contribution in [1.82, 2.24) is 9.80 Å². The second kappa shape index (κ2) is 4.98. The minimum atomic E-state index is 0.122. The molecule has 1 saturated heterocycles. The number of anilines is 1. The summed E-state index contributed by atoms with van der Waals surface area (Å²) in [7, 11) is 4.13. The molecule has 0 aliphatic carbocycles. The van der Waals surface area contributed by atoms with Crippen LogP contribution in [0, 0.1) is 6.92 Å². The van der Waals surface area contributed by atoms with Gasteiger partial charge in [0, 0.05) is 30.4 Å². The molecule has 1 heterocycles. The van der Waals surface area contributed by atoms with Crippen molar-refractivity contribution in [2.75, 3.05) is 32.9 Å². The van der Waals surface area contributed by atoms with Crippen LogP contribution in [0.3, 0.4) is 0 Å². The normalized spacial score (nSPS) is 19.6. The highest BCUT2D eigenvalue weighted by Gasteiger charge is 2.28. The lowest BCUT2D eigenvalue weighted by molar-refractivity contribution is 0.0782. The van der Waals surface area contributed by atoms with Crippen molar-refractivity contribution < 1.29 is 4.79 Å². The van der Waals surface area contributed by atoms with E-state index < -0.39 is 0 Å². The van der Waals surface area contributed by atoms with Crippen LogP contribution in [0.1, 0.15) is 22.3 Å². The molecule has 4 heteroatoms. The number of rotatable bonds is 2. The molecule has 1 aliphatic rings. The smallest absolute Gasteiger partial charge is 0.254 e. The SMILES string of the molecule is Cc1cc(N)ccc1C(=O)N1CCC(N(C)C)C1. The Balaban J connectivity index is 2.13. The van der Waals surface area contributed by atoms with E-state index in [1.807, 2.05) is 24.0 Å². The molecule has 1 aliphatic heterocycles. The third-order valence-corrected chi connectivity index (χ3v) is 3.66. The molecule has 98 valence electrons. The lowest BCUT2D eigenvalue weighted by Gasteiger charge is -2.21. The van der Waals surface area contributed by atoms with Crippen molar-refractivity contribution >= 4 is 11.6 Å². The van der Waals surface area contributed by atoms with E-state index in [4.69, 9.17) is 5.73 Å². The molecular weight excluding hydrogens is 226 g/mol. The first-order valence-corrected chi connectivity index (χ1v) is 6.31. The molecule has 2 N–H and O–H groups in total. The van der Waals surface area contributed by atoms with Gasteiger partial charge < -0.3 is 15.5 Å². The average molecular weight is 247 g/mol.